The number of nitrogens with one attached hydrogen (secondary N) is 1. The molecule has 0 aliphatic carbocycles. The average Bonchev–Trinajstić information content (AvgIpc) is 3.16. The van der Waals surface area contributed by atoms with Gasteiger partial charge in [0.05, 0.1) is 18.8 Å². The van der Waals surface area contributed by atoms with Crippen molar-refractivity contribution in [2.24, 2.45) is 0 Å². The number of rotatable bonds is 44. The van der Waals surface area contributed by atoms with Crippen LogP contribution in [0.15, 0.2) is 12.2 Å². The molecule has 0 radical (unpaired) electrons. The van der Waals surface area contributed by atoms with Crippen molar-refractivity contribution >= 4 is 5.91 Å². The van der Waals surface area contributed by atoms with Crippen LogP contribution in [0.2, 0.25) is 0 Å². The molecule has 1 amide bonds. The standard InChI is InChI=1S/C48H95NO4/c1-3-5-7-9-11-13-15-17-19-21-23-24-25-26-28-30-32-34-36-38-40-42-46(51)48(53)45(44-50)49-47(52)43-41-39-37-35-33-31-29-27-22-20-18-16-14-12-10-8-6-4-2/h27,29,45-46,48,50-51,53H,3-26,28,30-44H2,1-2H3,(H,49,52)/b29-27-. The highest BCUT2D eigenvalue weighted by atomic mass is 16.3. The third kappa shape index (κ3) is 39.1. The van der Waals surface area contributed by atoms with Crippen LogP contribution in [0.5, 0.6) is 0 Å². The van der Waals surface area contributed by atoms with Crippen molar-refractivity contribution in [1.82, 2.24) is 5.32 Å². The molecule has 4 N–H and O–H groups in total. The molecule has 3 atom stereocenters. The van der Waals surface area contributed by atoms with Crippen LogP contribution in [0.25, 0.3) is 0 Å². The summed E-state index contributed by atoms with van der Waals surface area (Å²) in [6.07, 6.45) is 51.8. The number of aliphatic hydroxyl groups excluding tert-OH is 3. The minimum absolute atomic E-state index is 0.149. The molecular weight excluding hydrogens is 655 g/mol. The van der Waals surface area contributed by atoms with E-state index in [0.29, 0.717) is 12.8 Å². The molecule has 0 aromatic heterocycles. The Balaban J connectivity index is 3.58. The number of amides is 1. The van der Waals surface area contributed by atoms with Crippen LogP contribution in [-0.4, -0.2) is 46.1 Å². The van der Waals surface area contributed by atoms with E-state index >= 15 is 0 Å². The zero-order valence-corrected chi connectivity index (χ0v) is 35.9. The molecule has 0 saturated carbocycles. The first-order valence-corrected chi connectivity index (χ1v) is 24.0. The summed E-state index contributed by atoms with van der Waals surface area (Å²) >= 11 is 0. The second-order valence-corrected chi connectivity index (χ2v) is 16.7. The number of carbonyl (C=O) groups excluding carboxylic acids is 1. The lowest BCUT2D eigenvalue weighted by Gasteiger charge is -2.26. The molecule has 0 rings (SSSR count). The van der Waals surface area contributed by atoms with Gasteiger partial charge in [0.2, 0.25) is 5.91 Å². The largest absolute Gasteiger partial charge is 0.394 e. The van der Waals surface area contributed by atoms with E-state index in [2.05, 4.69) is 31.3 Å². The quantitative estimate of drug-likeness (QED) is 0.0369. The summed E-state index contributed by atoms with van der Waals surface area (Å²) in [6.45, 7) is 4.20. The molecule has 0 aromatic carbocycles. The molecule has 5 nitrogen and oxygen atoms in total. The lowest BCUT2D eigenvalue weighted by molar-refractivity contribution is -0.124. The molecule has 0 spiro atoms. The van der Waals surface area contributed by atoms with Gasteiger partial charge in [0, 0.05) is 6.42 Å². The van der Waals surface area contributed by atoms with E-state index in [9.17, 15) is 20.1 Å². The number of hydrogen-bond acceptors (Lipinski definition) is 4. The number of allylic oxidation sites excluding steroid dienone is 2. The van der Waals surface area contributed by atoms with E-state index in [1.54, 1.807) is 0 Å². The van der Waals surface area contributed by atoms with Crippen LogP contribution in [0.3, 0.4) is 0 Å². The monoisotopic (exact) mass is 750 g/mol. The van der Waals surface area contributed by atoms with Crippen molar-refractivity contribution in [3.05, 3.63) is 12.2 Å². The van der Waals surface area contributed by atoms with Gasteiger partial charge in [-0.3, -0.25) is 4.79 Å². The first-order valence-electron chi connectivity index (χ1n) is 24.0. The van der Waals surface area contributed by atoms with E-state index < -0.39 is 18.2 Å². The summed E-state index contributed by atoms with van der Waals surface area (Å²) in [7, 11) is 0. The highest BCUT2D eigenvalue weighted by Crippen LogP contribution is 2.17. The molecule has 3 unspecified atom stereocenters. The number of hydrogen-bond donors (Lipinski definition) is 4. The van der Waals surface area contributed by atoms with E-state index in [1.807, 2.05) is 0 Å². The fourth-order valence-corrected chi connectivity index (χ4v) is 7.63. The third-order valence-electron chi connectivity index (χ3n) is 11.4. The van der Waals surface area contributed by atoms with Crippen LogP contribution in [0.1, 0.15) is 264 Å². The maximum atomic E-state index is 12.4. The van der Waals surface area contributed by atoms with Crippen LogP contribution >= 0.6 is 0 Å². The van der Waals surface area contributed by atoms with Crippen LogP contribution in [0, 0.1) is 0 Å². The lowest BCUT2D eigenvalue weighted by Crippen LogP contribution is -2.50. The van der Waals surface area contributed by atoms with Gasteiger partial charge < -0.3 is 20.6 Å². The van der Waals surface area contributed by atoms with E-state index in [0.717, 1.165) is 44.9 Å². The maximum Gasteiger partial charge on any atom is 0.220 e. The fourth-order valence-electron chi connectivity index (χ4n) is 7.63. The summed E-state index contributed by atoms with van der Waals surface area (Å²) < 4.78 is 0. The molecule has 5 heteroatoms. The van der Waals surface area contributed by atoms with Gasteiger partial charge in [-0.1, -0.05) is 231 Å². The van der Waals surface area contributed by atoms with Crippen LogP contribution < -0.4 is 5.32 Å². The number of unbranched alkanes of at least 4 members (excludes halogenated alkanes) is 34. The molecule has 0 fully saturated rings. The second kappa shape index (κ2) is 43.8. The normalized spacial score (nSPS) is 13.5. The summed E-state index contributed by atoms with van der Waals surface area (Å²) in [4.78, 5) is 12.4. The Morgan fingerprint density at radius 1 is 0.453 bits per heavy atom. The molecule has 0 heterocycles. The second-order valence-electron chi connectivity index (χ2n) is 16.7. The lowest BCUT2D eigenvalue weighted by atomic mass is 9.99. The van der Waals surface area contributed by atoms with Crippen molar-refractivity contribution < 1.29 is 20.1 Å². The van der Waals surface area contributed by atoms with Gasteiger partial charge in [-0.05, 0) is 38.5 Å². The Hall–Kier alpha value is -0.910. The zero-order valence-electron chi connectivity index (χ0n) is 35.9. The van der Waals surface area contributed by atoms with Gasteiger partial charge in [-0.15, -0.1) is 0 Å². The maximum absolute atomic E-state index is 12.4. The molecule has 0 saturated heterocycles. The first kappa shape index (κ1) is 52.1. The topological polar surface area (TPSA) is 89.8 Å². The predicted octanol–water partition coefficient (Wildman–Crippen LogP) is 14.0. The number of carbonyl (C=O) groups is 1. The smallest absolute Gasteiger partial charge is 0.220 e. The van der Waals surface area contributed by atoms with Gasteiger partial charge in [0.1, 0.15) is 6.10 Å². The summed E-state index contributed by atoms with van der Waals surface area (Å²) in [5.41, 5.74) is 0. The molecule has 316 valence electrons. The van der Waals surface area contributed by atoms with Crippen LogP contribution in [0.4, 0.5) is 0 Å². The number of aliphatic hydroxyl groups is 3. The van der Waals surface area contributed by atoms with E-state index in [1.165, 1.54) is 193 Å². The van der Waals surface area contributed by atoms with Gasteiger partial charge in [-0.25, -0.2) is 0 Å². The van der Waals surface area contributed by atoms with Gasteiger partial charge >= 0.3 is 0 Å². The molecular formula is C48H95NO4. The summed E-state index contributed by atoms with van der Waals surface area (Å²) in [5.74, 6) is -0.149. The Morgan fingerprint density at radius 2 is 0.755 bits per heavy atom. The van der Waals surface area contributed by atoms with Gasteiger partial charge in [0.25, 0.3) is 0 Å². The highest BCUT2D eigenvalue weighted by Gasteiger charge is 2.26. The first-order chi connectivity index (χ1) is 26.1. The van der Waals surface area contributed by atoms with Crippen LogP contribution in [-0.2, 0) is 4.79 Å². The Bertz CT molecular complexity index is 743. The zero-order chi connectivity index (χ0) is 38.7. The predicted molar refractivity (Wildman–Crippen MR) is 232 cm³/mol. The van der Waals surface area contributed by atoms with E-state index in [4.69, 9.17) is 0 Å². The highest BCUT2D eigenvalue weighted by molar-refractivity contribution is 5.76. The average molecular weight is 750 g/mol. The SMILES string of the molecule is CCCCCCCCCCC/C=C\CCCCCCCC(=O)NC(CO)C(O)C(O)CCCCCCCCCCCCCCCCCCCCCCC. The summed E-state index contributed by atoms with van der Waals surface area (Å²) in [6, 6.07) is -0.810. The minimum atomic E-state index is -1.14. The Labute approximate surface area is 331 Å². The third-order valence-corrected chi connectivity index (χ3v) is 11.4. The molecule has 0 bridgehead atoms. The fraction of sp³-hybridized carbons (Fsp3) is 0.938. The van der Waals surface area contributed by atoms with Crippen molar-refractivity contribution in [3.8, 4) is 0 Å². The van der Waals surface area contributed by atoms with Crippen molar-refractivity contribution in [2.45, 2.75) is 283 Å². The van der Waals surface area contributed by atoms with Gasteiger partial charge in [0.15, 0.2) is 0 Å². The molecule has 0 aromatic rings. The van der Waals surface area contributed by atoms with Crippen molar-refractivity contribution in [1.29, 1.82) is 0 Å². The summed E-state index contributed by atoms with van der Waals surface area (Å²) in [5, 5.41) is 33.6. The van der Waals surface area contributed by atoms with E-state index in [-0.39, 0.29) is 12.5 Å². The van der Waals surface area contributed by atoms with Crippen molar-refractivity contribution in [2.75, 3.05) is 6.61 Å². The Kier molecular flexibility index (Phi) is 43.1. The van der Waals surface area contributed by atoms with Crippen molar-refractivity contribution in [3.63, 3.8) is 0 Å². The van der Waals surface area contributed by atoms with Gasteiger partial charge in [-0.2, -0.15) is 0 Å². The molecule has 0 aliphatic rings. The Morgan fingerprint density at radius 3 is 1.09 bits per heavy atom. The molecule has 0 aliphatic heterocycles. The minimum Gasteiger partial charge on any atom is -0.394 e. The molecule has 53 heavy (non-hydrogen) atoms.